The van der Waals surface area contributed by atoms with E-state index in [1.54, 1.807) is 6.92 Å². The lowest BCUT2D eigenvalue weighted by molar-refractivity contribution is -0.137. The number of carbonyl (C=O) groups excluding carboxylic acids is 1. The molecule has 0 fully saturated rings. The SMILES string of the molecule is CCc1nccc(C(F)(F)F)c1-c1cc(F)cc(C(=O)OC)c1. The molecule has 0 N–H and O–H groups in total. The molecule has 0 aliphatic rings. The Hall–Kier alpha value is -2.44. The zero-order valence-corrected chi connectivity index (χ0v) is 12.4. The smallest absolute Gasteiger partial charge is 0.417 e. The van der Waals surface area contributed by atoms with E-state index in [-0.39, 0.29) is 28.8 Å². The summed E-state index contributed by atoms with van der Waals surface area (Å²) in [4.78, 5) is 15.5. The maximum atomic E-state index is 13.8. The molecule has 0 atom stereocenters. The monoisotopic (exact) mass is 327 g/mol. The van der Waals surface area contributed by atoms with E-state index in [0.29, 0.717) is 0 Å². The first-order chi connectivity index (χ1) is 10.8. The molecule has 1 aromatic carbocycles. The average Bonchev–Trinajstić information content (AvgIpc) is 2.51. The van der Waals surface area contributed by atoms with Crippen LogP contribution < -0.4 is 0 Å². The molecule has 2 rings (SSSR count). The molecule has 0 aliphatic heterocycles. The maximum absolute atomic E-state index is 13.8. The number of alkyl halides is 3. The Morgan fingerprint density at radius 2 is 1.96 bits per heavy atom. The lowest BCUT2D eigenvalue weighted by Crippen LogP contribution is -2.11. The molecular formula is C16H13F4NO2. The van der Waals surface area contributed by atoms with Crippen LogP contribution in [0.2, 0.25) is 0 Å². The van der Waals surface area contributed by atoms with Gasteiger partial charge in [0.25, 0.3) is 0 Å². The summed E-state index contributed by atoms with van der Waals surface area (Å²) in [7, 11) is 1.11. The van der Waals surface area contributed by atoms with Gasteiger partial charge < -0.3 is 4.74 Å². The average molecular weight is 327 g/mol. The summed E-state index contributed by atoms with van der Waals surface area (Å²) < 4.78 is 58.0. The van der Waals surface area contributed by atoms with Crippen molar-refractivity contribution in [2.24, 2.45) is 0 Å². The predicted octanol–water partition coefficient (Wildman–Crippen LogP) is 4.26. The van der Waals surface area contributed by atoms with Crippen LogP contribution in [0, 0.1) is 5.82 Å². The number of halogens is 4. The van der Waals surface area contributed by atoms with Gasteiger partial charge in [0.15, 0.2) is 0 Å². The van der Waals surface area contributed by atoms with Crippen molar-refractivity contribution in [3.63, 3.8) is 0 Å². The number of rotatable bonds is 3. The second-order valence-corrected chi connectivity index (χ2v) is 4.75. The quantitative estimate of drug-likeness (QED) is 0.625. The maximum Gasteiger partial charge on any atom is 0.417 e. The Morgan fingerprint density at radius 1 is 1.26 bits per heavy atom. The van der Waals surface area contributed by atoms with Crippen LogP contribution in [0.5, 0.6) is 0 Å². The van der Waals surface area contributed by atoms with E-state index in [1.165, 1.54) is 6.07 Å². The molecule has 3 nitrogen and oxygen atoms in total. The number of pyridine rings is 1. The highest BCUT2D eigenvalue weighted by atomic mass is 19.4. The van der Waals surface area contributed by atoms with Crippen LogP contribution in [-0.2, 0) is 17.3 Å². The Balaban J connectivity index is 2.76. The van der Waals surface area contributed by atoms with Gasteiger partial charge in [0.1, 0.15) is 5.82 Å². The summed E-state index contributed by atoms with van der Waals surface area (Å²) >= 11 is 0. The number of benzene rings is 1. The van der Waals surface area contributed by atoms with Crippen LogP contribution in [0.4, 0.5) is 17.6 Å². The van der Waals surface area contributed by atoms with Crippen molar-refractivity contribution in [2.75, 3.05) is 7.11 Å². The second kappa shape index (κ2) is 6.36. The van der Waals surface area contributed by atoms with Crippen molar-refractivity contribution < 1.29 is 27.1 Å². The first kappa shape index (κ1) is 16.9. The molecule has 0 saturated carbocycles. The molecule has 2 aromatic rings. The van der Waals surface area contributed by atoms with Crippen LogP contribution in [0.3, 0.4) is 0 Å². The van der Waals surface area contributed by atoms with Crippen molar-refractivity contribution in [3.05, 3.63) is 53.1 Å². The summed E-state index contributed by atoms with van der Waals surface area (Å²) in [6.45, 7) is 1.65. The number of nitrogens with zero attached hydrogens (tertiary/aromatic N) is 1. The highest BCUT2D eigenvalue weighted by molar-refractivity contribution is 5.91. The fourth-order valence-electron chi connectivity index (χ4n) is 2.30. The molecule has 0 unspecified atom stereocenters. The molecule has 0 radical (unpaired) electrons. The number of aromatic nitrogens is 1. The van der Waals surface area contributed by atoms with Crippen molar-refractivity contribution >= 4 is 5.97 Å². The second-order valence-electron chi connectivity index (χ2n) is 4.75. The molecule has 0 bridgehead atoms. The van der Waals surface area contributed by atoms with Gasteiger partial charge in [-0.3, -0.25) is 4.98 Å². The predicted molar refractivity (Wildman–Crippen MR) is 75.4 cm³/mol. The summed E-state index contributed by atoms with van der Waals surface area (Å²) in [6, 6.07) is 3.85. The van der Waals surface area contributed by atoms with Crippen molar-refractivity contribution in [1.82, 2.24) is 4.98 Å². The fourth-order valence-corrected chi connectivity index (χ4v) is 2.30. The van der Waals surface area contributed by atoms with Crippen LogP contribution in [0.15, 0.2) is 30.5 Å². The summed E-state index contributed by atoms with van der Waals surface area (Å²) in [5, 5.41) is 0. The van der Waals surface area contributed by atoms with E-state index in [0.717, 1.165) is 31.5 Å². The number of hydrogen-bond acceptors (Lipinski definition) is 3. The zero-order valence-electron chi connectivity index (χ0n) is 12.4. The minimum Gasteiger partial charge on any atom is -0.465 e. The van der Waals surface area contributed by atoms with E-state index in [9.17, 15) is 22.4 Å². The number of hydrogen-bond donors (Lipinski definition) is 0. The van der Waals surface area contributed by atoms with E-state index in [2.05, 4.69) is 9.72 Å². The van der Waals surface area contributed by atoms with Crippen LogP contribution in [0.1, 0.15) is 28.5 Å². The van der Waals surface area contributed by atoms with Crippen LogP contribution >= 0.6 is 0 Å². The molecule has 122 valence electrons. The topological polar surface area (TPSA) is 39.2 Å². The van der Waals surface area contributed by atoms with Gasteiger partial charge in [-0.15, -0.1) is 0 Å². The molecule has 0 saturated heterocycles. The van der Waals surface area contributed by atoms with Gasteiger partial charge in [-0.2, -0.15) is 13.2 Å². The highest BCUT2D eigenvalue weighted by Crippen LogP contribution is 2.39. The van der Waals surface area contributed by atoms with E-state index in [4.69, 9.17) is 0 Å². The number of methoxy groups -OCH3 is 1. The lowest BCUT2D eigenvalue weighted by Gasteiger charge is -2.16. The first-order valence-electron chi connectivity index (χ1n) is 6.72. The van der Waals surface area contributed by atoms with Gasteiger partial charge in [0.05, 0.1) is 18.2 Å². The standard InChI is InChI=1S/C16H13F4NO2/c1-3-13-14(12(4-5-21-13)16(18,19)20)9-6-10(15(22)23-2)8-11(17)7-9/h4-8H,3H2,1-2H3. The molecule has 0 aliphatic carbocycles. The van der Waals surface area contributed by atoms with Gasteiger partial charge >= 0.3 is 12.1 Å². The fraction of sp³-hybridized carbons (Fsp3) is 0.250. The Bertz CT molecular complexity index is 741. The van der Waals surface area contributed by atoms with Crippen molar-refractivity contribution in [3.8, 4) is 11.1 Å². The molecule has 0 amide bonds. The highest BCUT2D eigenvalue weighted by Gasteiger charge is 2.35. The zero-order chi connectivity index (χ0) is 17.2. The summed E-state index contributed by atoms with van der Waals surface area (Å²) in [6.07, 6.45) is -3.34. The number of aryl methyl sites for hydroxylation is 1. The molecule has 23 heavy (non-hydrogen) atoms. The van der Waals surface area contributed by atoms with Gasteiger partial charge in [0, 0.05) is 17.5 Å². The third-order valence-electron chi connectivity index (χ3n) is 3.28. The normalized spacial score (nSPS) is 11.4. The third kappa shape index (κ3) is 3.49. The minimum absolute atomic E-state index is 0.0670. The third-order valence-corrected chi connectivity index (χ3v) is 3.28. The van der Waals surface area contributed by atoms with E-state index >= 15 is 0 Å². The Kier molecular flexibility index (Phi) is 4.68. The van der Waals surface area contributed by atoms with Gasteiger partial charge in [-0.25, -0.2) is 9.18 Å². The van der Waals surface area contributed by atoms with Crippen molar-refractivity contribution in [1.29, 1.82) is 0 Å². The molecule has 0 spiro atoms. The first-order valence-corrected chi connectivity index (χ1v) is 6.72. The Labute approximate surface area is 129 Å². The van der Waals surface area contributed by atoms with E-state index < -0.39 is 23.5 Å². The summed E-state index contributed by atoms with van der Waals surface area (Å²) in [5.74, 6) is -1.66. The number of ether oxygens (including phenoxy) is 1. The van der Waals surface area contributed by atoms with Gasteiger partial charge in [-0.1, -0.05) is 6.92 Å². The Morgan fingerprint density at radius 3 is 2.52 bits per heavy atom. The molecule has 1 heterocycles. The molecular weight excluding hydrogens is 314 g/mol. The number of esters is 1. The largest absolute Gasteiger partial charge is 0.465 e. The van der Waals surface area contributed by atoms with Crippen LogP contribution in [0.25, 0.3) is 11.1 Å². The van der Waals surface area contributed by atoms with Gasteiger partial charge in [0.2, 0.25) is 0 Å². The molecule has 1 aromatic heterocycles. The van der Waals surface area contributed by atoms with E-state index in [1.807, 2.05) is 0 Å². The minimum atomic E-state index is -4.63. The lowest BCUT2D eigenvalue weighted by atomic mass is 9.95. The van der Waals surface area contributed by atoms with Gasteiger partial charge in [-0.05, 0) is 36.2 Å². The summed E-state index contributed by atoms with van der Waals surface area (Å²) in [5.41, 5.74) is -1.22. The van der Waals surface area contributed by atoms with Crippen LogP contribution in [-0.4, -0.2) is 18.1 Å². The molecule has 7 heteroatoms. The van der Waals surface area contributed by atoms with Crippen molar-refractivity contribution in [2.45, 2.75) is 19.5 Å². The number of carbonyl (C=O) groups is 1.